The molecule has 0 heterocycles. The van der Waals surface area contributed by atoms with Crippen molar-refractivity contribution in [3.05, 3.63) is 40.9 Å². The minimum atomic E-state index is -0.559. The summed E-state index contributed by atoms with van der Waals surface area (Å²) in [5, 5.41) is 6.87. The van der Waals surface area contributed by atoms with Gasteiger partial charge < -0.3 is 5.32 Å². The number of urea groups is 1. The summed E-state index contributed by atoms with van der Waals surface area (Å²) < 4.78 is 0.995. The first kappa shape index (κ1) is 14.8. The third-order valence-electron chi connectivity index (χ3n) is 2.63. The van der Waals surface area contributed by atoms with Crippen LogP contribution >= 0.6 is 27.5 Å². The Kier molecular flexibility index (Phi) is 4.98. The van der Waals surface area contributed by atoms with Crippen LogP contribution in [0.2, 0.25) is 0 Å². The molecule has 4 nitrogen and oxygen atoms in total. The molecule has 104 valence electrons. The molecule has 0 unspecified atom stereocenters. The molecule has 2 N–H and O–H groups in total. The van der Waals surface area contributed by atoms with Crippen molar-refractivity contribution in [2.75, 3.05) is 11.2 Å². The Morgan fingerprint density at radius 2 is 1.80 bits per heavy atom. The summed E-state index contributed by atoms with van der Waals surface area (Å²) in [6.45, 7) is 0. The Hall–Kier alpha value is -1.59. The second-order valence-electron chi connectivity index (χ2n) is 4.15. The summed E-state index contributed by atoms with van der Waals surface area (Å²) in [4.78, 5) is 22.8. The van der Waals surface area contributed by atoms with E-state index in [9.17, 15) is 9.59 Å². The second-order valence-corrected chi connectivity index (χ2v) is 5.44. The first-order valence-corrected chi connectivity index (χ1v) is 7.27. The van der Waals surface area contributed by atoms with Crippen LogP contribution in [-0.2, 0) is 4.79 Å². The van der Waals surface area contributed by atoms with E-state index in [1.54, 1.807) is 6.07 Å². The largest absolute Gasteiger partial charge is 0.325 e. The number of benzene rings is 2. The van der Waals surface area contributed by atoms with Gasteiger partial charge >= 0.3 is 6.03 Å². The number of hydrogen-bond acceptors (Lipinski definition) is 2. The molecule has 0 saturated carbocycles. The molecule has 0 aliphatic heterocycles. The summed E-state index contributed by atoms with van der Waals surface area (Å²) in [5.74, 6) is -0.216. The van der Waals surface area contributed by atoms with Crippen LogP contribution in [-0.4, -0.2) is 17.8 Å². The third-order valence-corrected chi connectivity index (χ3v) is 3.32. The van der Waals surface area contributed by atoms with Crippen molar-refractivity contribution in [1.29, 1.82) is 0 Å². The zero-order valence-corrected chi connectivity index (χ0v) is 12.8. The molecule has 20 heavy (non-hydrogen) atoms. The van der Waals surface area contributed by atoms with Gasteiger partial charge in [-0.05, 0) is 35.0 Å². The van der Waals surface area contributed by atoms with Gasteiger partial charge in [0.2, 0.25) is 5.91 Å². The number of alkyl halides is 1. The Labute approximate surface area is 129 Å². The number of imide groups is 1. The van der Waals surface area contributed by atoms with Crippen LogP contribution in [0.15, 0.2) is 40.9 Å². The molecule has 2 rings (SSSR count). The number of amides is 3. The number of carbonyl (C=O) groups is 2. The number of nitrogens with one attached hydrogen (secondary N) is 2. The smallest absolute Gasteiger partial charge is 0.308 e. The number of hydrogen-bond donors (Lipinski definition) is 2. The minimum Gasteiger partial charge on any atom is -0.308 e. The summed E-state index contributed by atoms with van der Waals surface area (Å²) in [5.41, 5.74) is 0.621. The normalized spacial score (nSPS) is 10.3. The maximum absolute atomic E-state index is 11.6. The van der Waals surface area contributed by atoms with Gasteiger partial charge in [0, 0.05) is 22.5 Å². The molecular formula is C14H12BrClN2O2. The van der Waals surface area contributed by atoms with Gasteiger partial charge in [0.05, 0.1) is 0 Å². The van der Waals surface area contributed by atoms with Gasteiger partial charge in [-0.25, -0.2) is 4.79 Å². The molecule has 0 atom stereocenters. The van der Waals surface area contributed by atoms with E-state index in [4.69, 9.17) is 11.6 Å². The monoisotopic (exact) mass is 354 g/mol. The molecule has 0 aromatic heterocycles. The number of carbonyl (C=O) groups excluding carboxylic acids is 2. The lowest BCUT2D eigenvalue weighted by atomic mass is 10.1. The summed E-state index contributed by atoms with van der Waals surface area (Å²) in [7, 11) is 0. The third kappa shape index (κ3) is 3.95. The zero-order valence-electron chi connectivity index (χ0n) is 10.5. The molecular weight excluding hydrogens is 344 g/mol. The van der Waals surface area contributed by atoms with Crippen molar-refractivity contribution in [2.24, 2.45) is 0 Å². The topological polar surface area (TPSA) is 58.2 Å². The fourth-order valence-corrected chi connectivity index (χ4v) is 2.28. The van der Waals surface area contributed by atoms with Crippen molar-refractivity contribution in [1.82, 2.24) is 5.32 Å². The van der Waals surface area contributed by atoms with E-state index in [0.29, 0.717) is 5.69 Å². The second kappa shape index (κ2) is 6.72. The van der Waals surface area contributed by atoms with Gasteiger partial charge in [-0.1, -0.05) is 28.1 Å². The zero-order chi connectivity index (χ0) is 14.5. The van der Waals surface area contributed by atoms with Crippen molar-refractivity contribution in [2.45, 2.75) is 6.42 Å². The van der Waals surface area contributed by atoms with Crippen LogP contribution in [0.5, 0.6) is 0 Å². The molecule has 0 spiro atoms. The first-order valence-electron chi connectivity index (χ1n) is 5.94. The van der Waals surface area contributed by atoms with Gasteiger partial charge in [0.25, 0.3) is 0 Å². The lowest BCUT2D eigenvalue weighted by Crippen LogP contribution is -2.34. The first-order chi connectivity index (χ1) is 9.58. The average Bonchev–Trinajstić information content (AvgIpc) is 2.39. The average molecular weight is 356 g/mol. The summed E-state index contributed by atoms with van der Waals surface area (Å²) >= 11 is 8.83. The lowest BCUT2D eigenvalue weighted by Gasteiger charge is -2.07. The molecule has 6 heteroatoms. The van der Waals surface area contributed by atoms with Crippen molar-refractivity contribution in [3.63, 3.8) is 0 Å². The maximum atomic E-state index is 11.6. The fourth-order valence-electron chi connectivity index (χ4n) is 1.73. The highest BCUT2D eigenvalue weighted by Gasteiger charge is 2.07. The maximum Gasteiger partial charge on any atom is 0.325 e. The van der Waals surface area contributed by atoms with E-state index >= 15 is 0 Å². The highest BCUT2D eigenvalue weighted by atomic mass is 79.9. The van der Waals surface area contributed by atoms with Gasteiger partial charge in [-0.15, -0.1) is 11.6 Å². The predicted octanol–water partition coefficient (Wildman–Crippen LogP) is 3.88. The van der Waals surface area contributed by atoms with E-state index in [0.717, 1.165) is 15.2 Å². The molecule has 3 amide bonds. The van der Waals surface area contributed by atoms with Crippen molar-refractivity contribution < 1.29 is 9.59 Å². The number of halogens is 2. The van der Waals surface area contributed by atoms with Gasteiger partial charge in [0.15, 0.2) is 0 Å². The van der Waals surface area contributed by atoms with E-state index in [-0.39, 0.29) is 12.3 Å². The molecule has 0 aliphatic rings. The van der Waals surface area contributed by atoms with Crippen LogP contribution in [0.1, 0.15) is 6.42 Å². The summed E-state index contributed by atoms with van der Waals surface area (Å²) in [6.07, 6.45) is 0.112. The Bertz CT molecular complexity index is 661. The van der Waals surface area contributed by atoms with Crippen LogP contribution < -0.4 is 10.6 Å². The molecule has 2 aromatic carbocycles. The van der Waals surface area contributed by atoms with E-state index in [1.807, 2.05) is 30.3 Å². The van der Waals surface area contributed by atoms with Crippen molar-refractivity contribution in [3.8, 4) is 0 Å². The van der Waals surface area contributed by atoms with Gasteiger partial charge in [-0.2, -0.15) is 0 Å². The standard InChI is InChI=1S/C14H12BrClN2O2/c15-11-3-1-10-8-12(4-2-9(10)7-11)17-14(20)18-13(19)5-6-16/h1-4,7-8H,5-6H2,(H2,17,18,19,20). The van der Waals surface area contributed by atoms with Gasteiger partial charge in [0.1, 0.15) is 0 Å². The van der Waals surface area contributed by atoms with E-state index in [1.165, 1.54) is 0 Å². The number of rotatable bonds is 3. The van der Waals surface area contributed by atoms with Crippen molar-refractivity contribution >= 4 is 55.9 Å². The molecule has 0 radical (unpaired) electrons. The number of fused-ring (bicyclic) bond motifs is 1. The summed E-state index contributed by atoms with van der Waals surface area (Å²) in [6, 6.07) is 10.8. The minimum absolute atomic E-state index is 0.112. The Morgan fingerprint density at radius 3 is 2.55 bits per heavy atom. The number of anilines is 1. The Balaban J connectivity index is 2.08. The van der Waals surface area contributed by atoms with Gasteiger partial charge in [-0.3, -0.25) is 10.1 Å². The molecule has 0 aliphatic carbocycles. The van der Waals surface area contributed by atoms with Crippen LogP contribution in [0.3, 0.4) is 0 Å². The molecule has 2 aromatic rings. The highest BCUT2D eigenvalue weighted by Crippen LogP contribution is 2.22. The van der Waals surface area contributed by atoms with E-state index < -0.39 is 11.9 Å². The lowest BCUT2D eigenvalue weighted by molar-refractivity contribution is -0.119. The fraction of sp³-hybridized carbons (Fsp3) is 0.143. The van der Waals surface area contributed by atoms with Crippen LogP contribution in [0, 0.1) is 0 Å². The molecule has 0 saturated heterocycles. The Morgan fingerprint density at radius 1 is 1.10 bits per heavy atom. The van der Waals surface area contributed by atoms with Crippen LogP contribution in [0.4, 0.5) is 10.5 Å². The SMILES string of the molecule is O=C(CCCl)NC(=O)Nc1ccc2cc(Br)ccc2c1. The van der Waals surface area contributed by atoms with E-state index in [2.05, 4.69) is 26.6 Å². The highest BCUT2D eigenvalue weighted by molar-refractivity contribution is 9.10. The molecule has 0 fully saturated rings. The predicted molar refractivity (Wildman–Crippen MR) is 84.1 cm³/mol. The van der Waals surface area contributed by atoms with Crippen LogP contribution in [0.25, 0.3) is 10.8 Å². The molecule has 0 bridgehead atoms. The quantitative estimate of drug-likeness (QED) is 0.821.